The lowest BCUT2D eigenvalue weighted by molar-refractivity contribution is -0.0266. The molecule has 0 fully saturated rings. The second-order valence-electron chi connectivity index (χ2n) is 12.7. The van der Waals surface area contributed by atoms with Crippen molar-refractivity contribution in [2.75, 3.05) is 5.73 Å². The molecule has 4 aromatic heterocycles. The van der Waals surface area contributed by atoms with Gasteiger partial charge in [-0.15, -0.1) is 0 Å². The molecule has 1 aliphatic heterocycles. The molecule has 1 aliphatic carbocycles. The van der Waals surface area contributed by atoms with E-state index >= 15 is 0 Å². The molecule has 13 nitrogen and oxygen atoms in total. The van der Waals surface area contributed by atoms with Crippen LogP contribution < -0.4 is 21.2 Å². The van der Waals surface area contributed by atoms with Crippen molar-refractivity contribution < 1.29 is 19.0 Å². The smallest absolute Gasteiger partial charge is 0.269 e. The van der Waals surface area contributed by atoms with Gasteiger partial charge < -0.3 is 30.2 Å². The highest BCUT2D eigenvalue weighted by molar-refractivity contribution is 5.95. The average Bonchev–Trinajstić information content (AvgIpc) is 4.02. The Morgan fingerprint density at radius 1 is 0.962 bits per heavy atom. The number of nitrogens with one attached hydrogen (secondary N) is 2. The van der Waals surface area contributed by atoms with E-state index < -0.39 is 6.29 Å². The van der Waals surface area contributed by atoms with Gasteiger partial charge in [-0.1, -0.05) is 36.4 Å². The third-order valence-corrected chi connectivity index (χ3v) is 9.45. The van der Waals surface area contributed by atoms with Gasteiger partial charge in [0.1, 0.15) is 42.2 Å². The largest absolute Gasteiger partial charge is 0.488 e. The zero-order valence-electron chi connectivity index (χ0n) is 28.2. The van der Waals surface area contributed by atoms with Crippen LogP contribution in [-0.2, 0) is 22.5 Å². The minimum Gasteiger partial charge on any atom is -0.488 e. The quantitative estimate of drug-likeness (QED) is 0.162. The third-order valence-electron chi connectivity index (χ3n) is 9.45. The van der Waals surface area contributed by atoms with E-state index in [1.807, 2.05) is 53.1 Å². The minimum atomic E-state index is -0.726. The van der Waals surface area contributed by atoms with E-state index in [0.29, 0.717) is 52.8 Å². The first-order valence-corrected chi connectivity index (χ1v) is 17.1. The maximum atomic E-state index is 13.7. The van der Waals surface area contributed by atoms with Crippen LogP contribution in [0.4, 0.5) is 5.82 Å². The average molecular weight is 705 g/mol. The number of nitrogen functional groups attached to an aromatic ring is 1. The van der Waals surface area contributed by atoms with Gasteiger partial charge in [0.15, 0.2) is 11.3 Å². The first-order valence-electron chi connectivity index (χ1n) is 17.1. The number of carbonyl (C=O) groups excluding carboxylic acids is 1. The molecule has 4 N–H and O–H groups in total. The number of carbonyl (C=O) groups is 1. The number of benzene rings is 3. The number of nitrogens with two attached hydrogens (primary N) is 1. The van der Waals surface area contributed by atoms with Gasteiger partial charge in [0, 0.05) is 35.9 Å². The predicted octanol–water partition coefficient (Wildman–Crippen LogP) is 6.06. The van der Waals surface area contributed by atoms with Crippen LogP contribution >= 0.6 is 0 Å². The van der Waals surface area contributed by atoms with Crippen LogP contribution in [0.5, 0.6) is 5.75 Å². The number of ether oxygens (including phenoxy) is 3. The lowest BCUT2D eigenvalue weighted by atomic mass is 10.1. The van der Waals surface area contributed by atoms with Crippen molar-refractivity contribution in [2.45, 2.75) is 31.8 Å². The lowest BCUT2D eigenvalue weighted by Crippen LogP contribution is -2.27. The maximum absolute atomic E-state index is 13.7. The van der Waals surface area contributed by atoms with E-state index in [1.165, 1.54) is 18.6 Å². The Labute approximate surface area is 302 Å². The first kappa shape index (κ1) is 31.8. The van der Waals surface area contributed by atoms with Crippen molar-refractivity contribution in [3.8, 4) is 28.6 Å². The van der Waals surface area contributed by atoms with Crippen molar-refractivity contribution >= 4 is 22.9 Å². The van der Waals surface area contributed by atoms with Crippen LogP contribution in [0.2, 0.25) is 0 Å². The summed E-state index contributed by atoms with van der Waals surface area (Å²) in [6.45, 7) is 0.355. The fourth-order valence-corrected chi connectivity index (χ4v) is 6.89. The summed E-state index contributed by atoms with van der Waals surface area (Å²) in [5, 5.41) is 7.52. The summed E-state index contributed by atoms with van der Waals surface area (Å²) in [6.07, 6.45) is 8.66. The zero-order valence-corrected chi connectivity index (χ0v) is 28.2. The first-order chi connectivity index (χ1) is 26.0. The summed E-state index contributed by atoms with van der Waals surface area (Å²) in [5.74, 6) is 1.58. The molecule has 0 spiro atoms. The van der Waals surface area contributed by atoms with Gasteiger partial charge in [-0.2, -0.15) is 5.10 Å². The summed E-state index contributed by atoms with van der Waals surface area (Å²) < 4.78 is 20.9. The van der Waals surface area contributed by atoms with Crippen molar-refractivity contribution in [2.24, 2.45) is 0 Å². The highest BCUT2D eigenvalue weighted by Crippen LogP contribution is 2.37. The number of rotatable bonds is 9. The van der Waals surface area contributed by atoms with Crippen LogP contribution in [-0.4, -0.2) is 35.2 Å². The molecule has 1 amide bonds. The molecule has 7 aromatic rings. The molecule has 2 aliphatic rings. The monoisotopic (exact) mass is 704 g/mol. The normalized spacial score (nSPS) is 14.9. The molecule has 0 unspecified atom stereocenters. The van der Waals surface area contributed by atoms with E-state index in [1.54, 1.807) is 53.6 Å². The summed E-state index contributed by atoms with van der Waals surface area (Å²) in [7, 11) is 0. The Hall–Kier alpha value is -7.15. The Bertz CT molecular complexity index is 2570. The van der Waals surface area contributed by atoms with Crippen LogP contribution in [0.3, 0.4) is 0 Å². The highest BCUT2D eigenvalue weighted by Gasteiger charge is 2.28. The predicted molar refractivity (Wildman–Crippen MR) is 196 cm³/mol. The van der Waals surface area contributed by atoms with E-state index in [0.717, 1.165) is 28.8 Å². The number of H-pyrrole nitrogens is 1. The number of aryl methyl sites for hydroxylation is 1. The third kappa shape index (κ3) is 5.93. The van der Waals surface area contributed by atoms with E-state index in [9.17, 15) is 9.59 Å². The van der Waals surface area contributed by atoms with Crippen LogP contribution in [0.1, 0.15) is 51.4 Å². The zero-order chi connectivity index (χ0) is 35.9. The Morgan fingerprint density at radius 3 is 2.64 bits per heavy atom. The van der Waals surface area contributed by atoms with Crippen molar-refractivity contribution in [1.82, 2.24) is 34.6 Å². The number of hydrogen-bond donors (Lipinski definition) is 3. The number of pyridine rings is 2. The Kier molecular flexibility index (Phi) is 7.92. The number of aromatic nitrogens is 6. The summed E-state index contributed by atoms with van der Waals surface area (Å²) >= 11 is 0. The van der Waals surface area contributed by atoms with Gasteiger partial charge in [-0.3, -0.25) is 14.2 Å². The lowest BCUT2D eigenvalue weighted by Gasteiger charge is -2.19. The molecule has 13 heteroatoms. The molecular weight excluding hydrogens is 672 g/mol. The van der Waals surface area contributed by atoms with Crippen molar-refractivity contribution in [1.29, 1.82) is 0 Å². The molecular formula is C40H32N8O5. The molecule has 0 saturated heterocycles. The fraction of sp³-hybridized carbons (Fsp3) is 0.125. The number of hydrogen-bond acceptors (Lipinski definition) is 9. The second kappa shape index (κ2) is 13.2. The Morgan fingerprint density at radius 2 is 1.83 bits per heavy atom. The van der Waals surface area contributed by atoms with Gasteiger partial charge in [-0.25, -0.2) is 14.6 Å². The van der Waals surface area contributed by atoms with Crippen molar-refractivity contribution in [3.63, 3.8) is 0 Å². The van der Waals surface area contributed by atoms with Gasteiger partial charge in [0.05, 0.1) is 17.2 Å². The molecule has 5 heterocycles. The molecule has 53 heavy (non-hydrogen) atoms. The van der Waals surface area contributed by atoms with E-state index in [-0.39, 0.29) is 28.7 Å². The molecule has 1 atom stereocenters. The molecule has 9 rings (SSSR count). The maximum Gasteiger partial charge on any atom is 0.269 e. The minimum absolute atomic E-state index is 0.219. The number of amides is 1. The van der Waals surface area contributed by atoms with Crippen LogP contribution in [0.25, 0.3) is 34.1 Å². The molecule has 0 radical (unpaired) electrons. The van der Waals surface area contributed by atoms with Gasteiger partial charge in [-0.05, 0) is 78.1 Å². The van der Waals surface area contributed by atoms with Gasteiger partial charge in [0.2, 0.25) is 5.43 Å². The number of imidazole rings is 1. The molecule has 3 aromatic carbocycles. The summed E-state index contributed by atoms with van der Waals surface area (Å²) in [6, 6.07) is 27.8. The van der Waals surface area contributed by atoms with Crippen LogP contribution in [0, 0.1) is 0 Å². The fourth-order valence-electron chi connectivity index (χ4n) is 6.89. The number of fused-ring (bicyclic) bond motifs is 2. The van der Waals surface area contributed by atoms with E-state index in [4.69, 9.17) is 24.9 Å². The number of nitrogens with zero attached hydrogens (tertiary/aromatic N) is 5. The molecule has 0 saturated carbocycles. The van der Waals surface area contributed by atoms with Gasteiger partial charge in [0.25, 0.3) is 12.2 Å². The second-order valence-corrected chi connectivity index (χ2v) is 12.7. The van der Waals surface area contributed by atoms with Crippen LogP contribution in [0.15, 0.2) is 127 Å². The highest BCUT2D eigenvalue weighted by atomic mass is 16.7. The topological polar surface area (TPSA) is 164 Å². The van der Waals surface area contributed by atoms with Crippen molar-refractivity contribution in [3.05, 3.63) is 160 Å². The number of aromatic amines is 1. The standard InChI is InChI=1S/C40H32N8O5/c41-36-29(8-4-15-42-36)37-46-35-32(49)22-34(47-17-5-16-43-47)45-38(35)48(37)27-11-12-28-25(20-27)9-13-31(28)44-39(50)26-10-14-33(30(21-26)40-51-18-19-52-40)53-23-24-6-2-1-3-7-24/h1-8,10-12,14-22,31,40H,9,13,23H2,(H2,41,42)(H,44,50)(H,45,49)/t31-/m0/s1. The van der Waals surface area contributed by atoms with Gasteiger partial charge >= 0.3 is 0 Å². The summed E-state index contributed by atoms with van der Waals surface area (Å²) in [5.41, 5.74) is 12.3. The molecule has 0 bridgehead atoms. The number of anilines is 1. The summed E-state index contributed by atoms with van der Waals surface area (Å²) in [4.78, 5) is 39.6. The Balaban J connectivity index is 1.03. The molecule has 262 valence electrons. The SMILES string of the molecule is Nc1ncccc1-c1nc2c(=O)cc(-n3cccn3)[nH]c2n1-c1ccc2c(c1)CC[C@@H]2NC(=O)c1ccc(OCc2ccccc2)c(C2OC=CO2)c1. The van der Waals surface area contributed by atoms with E-state index in [2.05, 4.69) is 26.4 Å².